The summed E-state index contributed by atoms with van der Waals surface area (Å²) in [6, 6.07) is 5.93. The molecule has 2 aromatic rings. The van der Waals surface area contributed by atoms with Crippen molar-refractivity contribution in [3.8, 4) is 0 Å². The highest BCUT2D eigenvalue weighted by Gasteiger charge is 2.04. The number of hydrogen-bond acceptors (Lipinski definition) is 4. The number of thioether (sulfide) groups is 1. The number of nitrogens with zero attached hydrogens (tertiary/aromatic N) is 1. The summed E-state index contributed by atoms with van der Waals surface area (Å²) in [6.07, 6.45) is 1.82. The molecule has 1 aromatic heterocycles. The highest BCUT2D eigenvalue weighted by molar-refractivity contribution is 9.10. The topological polar surface area (TPSA) is 38.9 Å². The highest BCUT2D eigenvalue weighted by atomic mass is 79.9. The molecule has 1 heterocycles. The summed E-state index contributed by atoms with van der Waals surface area (Å²) in [5.74, 6) is 0.888. The maximum Gasteiger partial charge on any atom is 0.150 e. The van der Waals surface area contributed by atoms with Crippen molar-refractivity contribution in [2.45, 2.75) is 10.1 Å². The Balaban J connectivity index is 2.08. The SMILES string of the molecule is Nc1cccc(CSc2nccs2)c1Br. The molecular weight excluding hydrogens is 292 g/mol. The van der Waals surface area contributed by atoms with Crippen LogP contribution in [0.5, 0.6) is 0 Å². The first-order chi connectivity index (χ1) is 7.27. The maximum absolute atomic E-state index is 5.80. The molecule has 0 amide bonds. The van der Waals surface area contributed by atoms with Gasteiger partial charge in [-0.2, -0.15) is 0 Å². The van der Waals surface area contributed by atoms with Crippen LogP contribution in [0.4, 0.5) is 5.69 Å². The molecule has 15 heavy (non-hydrogen) atoms. The number of halogens is 1. The van der Waals surface area contributed by atoms with Crippen molar-refractivity contribution >= 4 is 44.7 Å². The largest absolute Gasteiger partial charge is 0.398 e. The van der Waals surface area contributed by atoms with E-state index < -0.39 is 0 Å². The van der Waals surface area contributed by atoms with Gasteiger partial charge in [0.2, 0.25) is 0 Å². The number of nitrogen functional groups attached to an aromatic ring is 1. The van der Waals surface area contributed by atoms with Gasteiger partial charge in [-0.3, -0.25) is 0 Å². The molecular formula is C10H9BrN2S2. The molecule has 0 atom stereocenters. The minimum atomic E-state index is 0.784. The van der Waals surface area contributed by atoms with Crippen molar-refractivity contribution in [2.75, 3.05) is 5.73 Å². The van der Waals surface area contributed by atoms with E-state index >= 15 is 0 Å². The lowest BCUT2D eigenvalue weighted by Crippen LogP contribution is -1.90. The van der Waals surface area contributed by atoms with Gasteiger partial charge in [0, 0.05) is 27.5 Å². The molecule has 0 saturated heterocycles. The molecule has 0 bridgehead atoms. The normalized spacial score (nSPS) is 10.5. The second-order valence-corrected chi connectivity index (χ2v) is 5.82. The van der Waals surface area contributed by atoms with E-state index in [1.165, 1.54) is 5.56 Å². The van der Waals surface area contributed by atoms with Gasteiger partial charge in [-0.1, -0.05) is 23.9 Å². The Hall–Kier alpha value is -0.520. The fraction of sp³-hybridized carbons (Fsp3) is 0.100. The number of aromatic nitrogens is 1. The Morgan fingerprint density at radius 3 is 3.07 bits per heavy atom. The van der Waals surface area contributed by atoms with Gasteiger partial charge < -0.3 is 5.73 Å². The number of anilines is 1. The van der Waals surface area contributed by atoms with Gasteiger partial charge in [-0.05, 0) is 27.6 Å². The predicted molar refractivity (Wildman–Crippen MR) is 70.2 cm³/mol. The monoisotopic (exact) mass is 300 g/mol. The fourth-order valence-corrected chi connectivity index (χ4v) is 3.35. The maximum atomic E-state index is 5.80. The summed E-state index contributed by atoms with van der Waals surface area (Å²) < 4.78 is 2.08. The summed E-state index contributed by atoms with van der Waals surface area (Å²) >= 11 is 6.87. The van der Waals surface area contributed by atoms with E-state index in [0.29, 0.717) is 0 Å². The highest BCUT2D eigenvalue weighted by Crippen LogP contribution is 2.30. The van der Waals surface area contributed by atoms with Crippen LogP contribution >= 0.6 is 39.0 Å². The average molecular weight is 301 g/mol. The van der Waals surface area contributed by atoms with Gasteiger partial charge in [0.05, 0.1) is 0 Å². The van der Waals surface area contributed by atoms with Crippen molar-refractivity contribution in [3.05, 3.63) is 39.8 Å². The summed E-state index contributed by atoms with van der Waals surface area (Å²) in [5.41, 5.74) is 7.79. The molecule has 0 aliphatic rings. The quantitative estimate of drug-likeness (QED) is 0.692. The number of hydrogen-bond donors (Lipinski definition) is 1. The van der Waals surface area contributed by atoms with E-state index in [-0.39, 0.29) is 0 Å². The van der Waals surface area contributed by atoms with E-state index in [9.17, 15) is 0 Å². The van der Waals surface area contributed by atoms with Crippen LogP contribution in [0.15, 0.2) is 38.6 Å². The predicted octanol–water partition coefficient (Wildman–Crippen LogP) is 3.78. The third-order valence-electron chi connectivity index (χ3n) is 1.87. The Bertz CT molecular complexity index is 443. The van der Waals surface area contributed by atoms with Crippen molar-refractivity contribution in [1.29, 1.82) is 0 Å². The molecule has 0 fully saturated rings. The first-order valence-electron chi connectivity index (χ1n) is 4.32. The molecule has 1 aromatic carbocycles. The van der Waals surface area contributed by atoms with Crippen LogP contribution in [0.3, 0.4) is 0 Å². The summed E-state index contributed by atoms with van der Waals surface area (Å²) in [7, 11) is 0. The second kappa shape index (κ2) is 5.01. The van der Waals surface area contributed by atoms with Crippen LogP contribution in [0, 0.1) is 0 Å². The van der Waals surface area contributed by atoms with E-state index in [1.54, 1.807) is 23.1 Å². The minimum Gasteiger partial charge on any atom is -0.398 e. The van der Waals surface area contributed by atoms with Crippen LogP contribution in [0.25, 0.3) is 0 Å². The van der Waals surface area contributed by atoms with Crippen LogP contribution < -0.4 is 5.73 Å². The zero-order valence-electron chi connectivity index (χ0n) is 7.81. The number of nitrogens with two attached hydrogens (primary N) is 1. The molecule has 0 unspecified atom stereocenters. The van der Waals surface area contributed by atoms with Crippen molar-refractivity contribution < 1.29 is 0 Å². The van der Waals surface area contributed by atoms with Gasteiger partial charge in [0.15, 0.2) is 0 Å². The van der Waals surface area contributed by atoms with Gasteiger partial charge in [-0.15, -0.1) is 11.3 Å². The van der Waals surface area contributed by atoms with E-state index in [4.69, 9.17) is 5.73 Å². The van der Waals surface area contributed by atoms with E-state index in [1.807, 2.05) is 23.7 Å². The third-order valence-corrected chi connectivity index (χ3v) is 4.85. The molecule has 5 heteroatoms. The average Bonchev–Trinajstić information content (AvgIpc) is 2.73. The number of rotatable bonds is 3. The smallest absolute Gasteiger partial charge is 0.150 e. The molecule has 0 spiro atoms. The fourth-order valence-electron chi connectivity index (χ4n) is 1.13. The summed E-state index contributed by atoms with van der Waals surface area (Å²) in [6.45, 7) is 0. The van der Waals surface area contributed by atoms with E-state index in [0.717, 1.165) is 20.3 Å². The molecule has 78 valence electrons. The number of thiazole rings is 1. The molecule has 2 nitrogen and oxygen atoms in total. The Kier molecular flexibility index (Phi) is 3.66. The van der Waals surface area contributed by atoms with Gasteiger partial charge in [-0.25, -0.2) is 4.98 Å². The molecule has 0 radical (unpaired) electrons. The third kappa shape index (κ3) is 2.74. The Morgan fingerprint density at radius 2 is 2.33 bits per heavy atom. The second-order valence-electron chi connectivity index (χ2n) is 2.91. The first kappa shape index (κ1) is 11.0. The standard InChI is InChI=1S/C10H9BrN2S2/c11-9-7(2-1-3-8(9)12)6-15-10-13-4-5-14-10/h1-5H,6,12H2. The van der Waals surface area contributed by atoms with Gasteiger partial charge in [0.25, 0.3) is 0 Å². The molecule has 2 N–H and O–H groups in total. The lowest BCUT2D eigenvalue weighted by atomic mass is 10.2. The lowest BCUT2D eigenvalue weighted by molar-refractivity contribution is 1.24. The minimum absolute atomic E-state index is 0.784. The molecule has 0 saturated carbocycles. The summed E-state index contributed by atoms with van der Waals surface area (Å²) in [4.78, 5) is 4.22. The van der Waals surface area contributed by atoms with Crippen LogP contribution in [0.1, 0.15) is 5.56 Å². The van der Waals surface area contributed by atoms with Crippen molar-refractivity contribution in [2.24, 2.45) is 0 Å². The zero-order chi connectivity index (χ0) is 10.7. The van der Waals surface area contributed by atoms with Crippen molar-refractivity contribution in [1.82, 2.24) is 4.98 Å². The van der Waals surface area contributed by atoms with Crippen LogP contribution in [0.2, 0.25) is 0 Å². The molecule has 0 aliphatic carbocycles. The summed E-state index contributed by atoms with van der Waals surface area (Å²) in [5, 5.41) is 1.98. The first-order valence-corrected chi connectivity index (χ1v) is 6.98. The van der Waals surface area contributed by atoms with Crippen LogP contribution in [-0.2, 0) is 5.75 Å². The van der Waals surface area contributed by atoms with Gasteiger partial charge >= 0.3 is 0 Å². The Morgan fingerprint density at radius 1 is 1.47 bits per heavy atom. The Labute approximate surface area is 105 Å². The van der Waals surface area contributed by atoms with Crippen molar-refractivity contribution in [3.63, 3.8) is 0 Å². The van der Waals surface area contributed by atoms with Gasteiger partial charge in [0.1, 0.15) is 4.34 Å². The molecule has 2 rings (SSSR count). The molecule has 0 aliphatic heterocycles. The zero-order valence-corrected chi connectivity index (χ0v) is 11.0. The number of benzene rings is 1. The lowest BCUT2D eigenvalue weighted by Gasteiger charge is -2.04. The van der Waals surface area contributed by atoms with E-state index in [2.05, 4.69) is 27.0 Å². The van der Waals surface area contributed by atoms with Crippen LogP contribution in [-0.4, -0.2) is 4.98 Å².